The molecule has 1 saturated heterocycles. The fraction of sp³-hybridized carbons (Fsp3) is 0.417. The monoisotopic (exact) mass is 284 g/mol. The summed E-state index contributed by atoms with van der Waals surface area (Å²) in [4.78, 5) is 11.4. The molecule has 0 unspecified atom stereocenters. The minimum Gasteiger partial charge on any atom is -0.346 e. The van der Waals surface area contributed by atoms with Crippen molar-refractivity contribution in [3.63, 3.8) is 0 Å². The van der Waals surface area contributed by atoms with E-state index in [-0.39, 0.29) is 12.1 Å². The molecule has 0 amide bonds. The summed E-state index contributed by atoms with van der Waals surface area (Å²) in [6.45, 7) is 4.68. The van der Waals surface area contributed by atoms with Crippen LogP contribution < -0.4 is 0 Å². The Morgan fingerprint density at radius 1 is 1.38 bits per heavy atom. The third-order valence-corrected chi connectivity index (χ3v) is 3.29. The number of hydrogen-bond acceptors (Lipinski definition) is 3. The lowest BCUT2D eigenvalue weighted by atomic mass is 10.0. The Morgan fingerprint density at radius 2 is 2.00 bits per heavy atom. The van der Waals surface area contributed by atoms with Gasteiger partial charge in [-0.3, -0.25) is 4.79 Å². The maximum absolute atomic E-state index is 11.4. The highest BCUT2D eigenvalue weighted by Gasteiger charge is 2.22. The summed E-state index contributed by atoms with van der Waals surface area (Å²) >= 11 is 3.47. The first-order valence-corrected chi connectivity index (χ1v) is 5.93. The number of Topliss-reactive ketones (excluding diaryl/α,β-unsaturated/α-hetero) is 1. The Kier molecular flexibility index (Phi) is 3.42. The molecular weight excluding hydrogens is 272 g/mol. The number of benzene rings is 1. The summed E-state index contributed by atoms with van der Waals surface area (Å²) in [5.74, 6) is 0.0595. The van der Waals surface area contributed by atoms with Gasteiger partial charge in [0.15, 0.2) is 12.1 Å². The molecule has 1 aromatic rings. The number of carbonyl (C=O) groups excluding carboxylic acids is 1. The lowest BCUT2D eigenvalue weighted by Gasteiger charge is -2.14. The van der Waals surface area contributed by atoms with Crippen molar-refractivity contribution in [3.8, 4) is 0 Å². The molecular formula is C12H13BrO3. The van der Waals surface area contributed by atoms with Gasteiger partial charge < -0.3 is 9.47 Å². The Morgan fingerprint density at radius 3 is 2.56 bits per heavy atom. The largest absolute Gasteiger partial charge is 0.346 e. The average Bonchev–Trinajstić information content (AvgIpc) is 2.70. The molecule has 0 saturated carbocycles. The minimum atomic E-state index is -0.354. The molecule has 1 aliphatic heterocycles. The summed E-state index contributed by atoms with van der Waals surface area (Å²) in [5.41, 5.74) is 2.56. The highest BCUT2D eigenvalue weighted by atomic mass is 79.9. The smallest absolute Gasteiger partial charge is 0.185 e. The lowest BCUT2D eigenvalue weighted by Crippen LogP contribution is -2.04. The lowest BCUT2D eigenvalue weighted by molar-refractivity contribution is -0.0446. The number of ether oxygens (including phenoxy) is 2. The second-order valence-electron chi connectivity index (χ2n) is 3.82. The van der Waals surface area contributed by atoms with E-state index < -0.39 is 0 Å². The zero-order valence-corrected chi connectivity index (χ0v) is 10.8. The average molecular weight is 285 g/mol. The molecule has 2 rings (SSSR count). The van der Waals surface area contributed by atoms with Crippen molar-refractivity contribution in [3.05, 3.63) is 33.3 Å². The molecule has 1 fully saturated rings. The van der Waals surface area contributed by atoms with Crippen LogP contribution in [0, 0.1) is 6.92 Å². The topological polar surface area (TPSA) is 35.5 Å². The van der Waals surface area contributed by atoms with Crippen LogP contribution in [0.15, 0.2) is 16.6 Å². The van der Waals surface area contributed by atoms with E-state index in [0.717, 1.165) is 21.2 Å². The molecule has 86 valence electrons. The second-order valence-corrected chi connectivity index (χ2v) is 4.67. The van der Waals surface area contributed by atoms with Crippen molar-refractivity contribution in [2.45, 2.75) is 20.1 Å². The van der Waals surface area contributed by atoms with Crippen molar-refractivity contribution in [1.82, 2.24) is 0 Å². The van der Waals surface area contributed by atoms with E-state index >= 15 is 0 Å². The second kappa shape index (κ2) is 4.65. The molecule has 0 atom stereocenters. The summed E-state index contributed by atoms with van der Waals surface area (Å²) in [6, 6.07) is 3.77. The molecule has 0 bridgehead atoms. The zero-order chi connectivity index (χ0) is 11.7. The van der Waals surface area contributed by atoms with Gasteiger partial charge in [0.2, 0.25) is 0 Å². The summed E-state index contributed by atoms with van der Waals surface area (Å²) < 4.78 is 11.8. The van der Waals surface area contributed by atoms with Crippen molar-refractivity contribution in [2.75, 3.05) is 13.2 Å². The molecule has 0 N–H and O–H groups in total. The van der Waals surface area contributed by atoms with Crippen molar-refractivity contribution in [1.29, 1.82) is 0 Å². The molecule has 4 heteroatoms. The molecule has 0 aromatic heterocycles. The van der Waals surface area contributed by atoms with E-state index in [1.54, 1.807) is 6.92 Å². The molecule has 0 radical (unpaired) electrons. The first-order valence-electron chi connectivity index (χ1n) is 5.14. The first-order chi connectivity index (χ1) is 7.59. The SMILES string of the molecule is CC(=O)c1cc(C2OCCO2)c(Br)cc1C. The van der Waals surface area contributed by atoms with Crippen LogP contribution in [0.3, 0.4) is 0 Å². The van der Waals surface area contributed by atoms with Crippen molar-refractivity contribution < 1.29 is 14.3 Å². The maximum atomic E-state index is 11.4. The van der Waals surface area contributed by atoms with Gasteiger partial charge in [-0.15, -0.1) is 0 Å². The molecule has 3 nitrogen and oxygen atoms in total. The zero-order valence-electron chi connectivity index (χ0n) is 9.25. The number of carbonyl (C=O) groups is 1. The van der Waals surface area contributed by atoms with Crippen LogP contribution in [0.1, 0.15) is 34.7 Å². The van der Waals surface area contributed by atoms with Gasteiger partial charge in [0.1, 0.15) is 0 Å². The van der Waals surface area contributed by atoms with Gasteiger partial charge in [0, 0.05) is 15.6 Å². The Labute approximate surface area is 103 Å². The molecule has 1 heterocycles. The number of aryl methyl sites for hydroxylation is 1. The normalized spacial score (nSPS) is 16.7. The van der Waals surface area contributed by atoms with Crippen LogP contribution in [-0.4, -0.2) is 19.0 Å². The summed E-state index contributed by atoms with van der Waals surface area (Å²) in [6.07, 6.45) is -0.354. The van der Waals surface area contributed by atoms with Crippen LogP contribution in [-0.2, 0) is 9.47 Å². The summed E-state index contributed by atoms with van der Waals surface area (Å²) in [7, 11) is 0. The first kappa shape index (κ1) is 11.8. The maximum Gasteiger partial charge on any atom is 0.185 e. The van der Waals surface area contributed by atoms with Crippen molar-refractivity contribution >= 4 is 21.7 Å². The van der Waals surface area contributed by atoms with Gasteiger partial charge in [-0.1, -0.05) is 15.9 Å². The number of halogens is 1. The fourth-order valence-electron chi connectivity index (χ4n) is 1.79. The van der Waals surface area contributed by atoms with E-state index in [4.69, 9.17) is 9.47 Å². The van der Waals surface area contributed by atoms with Gasteiger partial charge >= 0.3 is 0 Å². The van der Waals surface area contributed by atoms with Crippen LogP contribution in [0.4, 0.5) is 0 Å². The predicted molar refractivity (Wildman–Crippen MR) is 63.5 cm³/mol. The molecule has 0 aliphatic carbocycles. The van der Waals surface area contributed by atoms with E-state index in [1.165, 1.54) is 0 Å². The Bertz CT molecular complexity index is 423. The quantitative estimate of drug-likeness (QED) is 0.784. The van der Waals surface area contributed by atoms with Gasteiger partial charge in [0.25, 0.3) is 0 Å². The van der Waals surface area contributed by atoms with Gasteiger partial charge in [0.05, 0.1) is 13.2 Å². The van der Waals surface area contributed by atoms with E-state index in [2.05, 4.69) is 15.9 Å². The van der Waals surface area contributed by atoms with Crippen LogP contribution >= 0.6 is 15.9 Å². The van der Waals surface area contributed by atoms with Crippen LogP contribution in [0.5, 0.6) is 0 Å². The summed E-state index contributed by atoms with van der Waals surface area (Å²) in [5, 5.41) is 0. The predicted octanol–water partition coefficient (Wildman–Crippen LogP) is 3.01. The Hall–Kier alpha value is -0.710. The molecule has 1 aromatic carbocycles. The highest BCUT2D eigenvalue weighted by molar-refractivity contribution is 9.10. The van der Waals surface area contributed by atoms with Gasteiger partial charge in [-0.05, 0) is 31.5 Å². The van der Waals surface area contributed by atoms with E-state index in [9.17, 15) is 4.79 Å². The third-order valence-electron chi connectivity index (χ3n) is 2.60. The number of hydrogen-bond donors (Lipinski definition) is 0. The van der Waals surface area contributed by atoms with Gasteiger partial charge in [-0.25, -0.2) is 0 Å². The number of rotatable bonds is 2. The standard InChI is InChI=1S/C12H13BrO3/c1-7-5-11(13)10(6-9(7)8(2)14)12-15-3-4-16-12/h5-6,12H,3-4H2,1-2H3. The van der Waals surface area contributed by atoms with Crippen LogP contribution in [0.2, 0.25) is 0 Å². The van der Waals surface area contributed by atoms with Crippen molar-refractivity contribution in [2.24, 2.45) is 0 Å². The molecule has 0 spiro atoms. The van der Waals surface area contributed by atoms with Gasteiger partial charge in [-0.2, -0.15) is 0 Å². The minimum absolute atomic E-state index is 0.0595. The Balaban J connectivity index is 2.44. The van der Waals surface area contributed by atoms with E-state index in [0.29, 0.717) is 13.2 Å². The molecule has 16 heavy (non-hydrogen) atoms. The highest BCUT2D eigenvalue weighted by Crippen LogP contribution is 2.32. The van der Waals surface area contributed by atoms with E-state index in [1.807, 2.05) is 19.1 Å². The molecule has 1 aliphatic rings. The number of ketones is 1. The van der Waals surface area contributed by atoms with Crippen LogP contribution in [0.25, 0.3) is 0 Å². The third kappa shape index (κ3) is 2.19. The fourth-order valence-corrected chi connectivity index (χ4v) is 2.43.